The quantitative estimate of drug-likeness (QED) is 0.419. The van der Waals surface area contributed by atoms with Gasteiger partial charge >= 0.3 is 5.97 Å². The number of carbonyl (C=O) groups excluding carboxylic acids is 3. The second-order valence-corrected chi connectivity index (χ2v) is 8.91. The van der Waals surface area contributed by atoms with Gasteiger partial charge in [0.15, 0.2) is 5.12 Å². The van der Waals surface area contributed by atoms with Crippen molar-refractivity contribution >= 4 is 47.3 Å². The zero-order valence-corrected chi connectivity index (χ0v) is 19.2. The highest BCUT2D eigenvalue weighted by Gasteiger charge is 2.32. The van der Waals surface area contributed by atoms with Crippen LogP contribution in [0.5, 0.6) is 0 Å². The van der Waals surface area contributed by atoms with Gasteiger partial charge in [0.2, 0.25) is 11.8 Å². The smallest absolute Gasteiger partial charge is 0.326 e. The number of hydrogen-bond donors (Lipinski definition) is 3. The first-order valence-electron chi connectivity index (χ1n) is 9.76. The molecule has 0 bridgehead atoms. The van der Waals surface area contributed by atoms with E-state index in [9.17, 15) is 24.3 Å². The van der Waals surface area contributed by atoms with E-state index in [1.54, 1.807) is 24.3 Å². The molecule has 30 heavy (non-hydrogen) atoms. The fourth-order valence-corrected chi connectivity index (χ4v) is 3.73. The molecule has 0 spiro atoms. The van der Waals surface area contributed by atoms with Crippen molar-refractivity contribution in [2.75, 3.05) is 18.1 Å². The van der Waals surface area contributed by atoms with Gasteiger partial charge in [0.25, 0.3) is 0 Å². The predicted molar refractivity (Wildman–Crippen MR) is 122 cm³/mol. The predicted octanol–water partition coefficient (Wildman–Crippen LogP) is 2.25. The van der Waals surface area contributed by atoms with Gasteiger partial charge in [-0.1, -0.05) is 55.9 Å². The van der Waals surface area contributed by atoms with Gasteiger partial charge in [-0.15, -0.1) is 0 Å². The maximum atomic E-state index is 13.1. The van der Waals surface area contributed by atoms with Crippen LogP contribution in [-0.4, -0.2) is 63.0 Å². The first-order valence-corrected chi connectivity index (χ1v) is 11.4. The minimum absolute atomic E-state index is 0.0769. The number of aliphatic carboxylic acids is 1. The first kappa shape index (κ1) is 26.0. The summed E-state index contributed by atoms with van der Waals surface area (Å²) in [5, 5.41) is 12.1. The zero-order valence-electron chi connectivity index (χ0n) is 17.5. The van der Waals surface area contributed by atoms with E-state index in [1.165, 1.54) is 11.8 Å². The highest BCUT2D eigenvalue weighted by molar-refractivity contribution is 8.13. The average molecular weight is 455 g/mol. The Bertz CT molecular complexity index is 727. The van der Waals surface area contributed by atoms with Gasteiger partial charge in [-0.05, 0) is 17.9 Å². The Morgan fingerprint density at radius 2 is 1.80 bits per heavy atom. The molecule has 0 radical (unpaired) electrons. The molecule has 7 nitrogen and oxygen atoms in total. The summed E-state index contributed by atoms with van der Waals surface area (Å²) in [7, 11) is 0. The van der Waals surface area contributed by atoms with Crippen molar-refractivity contribution in [3.05, 3.63) is 35.9 Å². The molecule has 2 amide bonds. The lowest BCUT2D eigenvalue weighted by molar-refractivity contribution is -0.144. The van der Waals surface area contributed by atoms with Crippen LogP contribution in [0.2, 0.25) is 0 Å². The third-order valence-corrected chi connectivity index (χ3v) is 5.43. The standard InChI is InChI=1S/C21H30N2O5S2/c1-14(2)11-18(23(19(25)13-29)9-10-30-15(3)24)20(26)22-17(21(27)28)12-16-7-5-4-6-8-16/h4-8,14,17-18,29H,9-13H2,1-3H3,(H,22,26)(H,27,28)/t17-,18-/m0/s1. The molecule has 1 aromatic rings. The number of amides is 2. The third kappa shape index (κ3) is 9.21. The van der Waals surface area contributed by atoms with Crippen molar-refractivity contribution < 1.29 is 24.3 Å². The zero-order chi connectivity index (χ0) is 22.7. The number of benzene rings is 1. The molecule has 1 aromatic carbocycles. The fourth-order valence-electron chi connectivity index (χ4n) is 2.97. The lowest BCUT2D eigenvalue weighted by Crippen LogP contribution is -2.55. The third-order valence-electron chi connectivity index (χ3n) is 4.36. The molecule has 166 valence electrons. The molecule has 0 saturated heterocycles. The maximum absolute atomic E-state index is 13.1. The van der Waals surface area contributed by atoms with Crippen LogP contribution in [0.3, 0.4) is 0 Å². The highest BCUT2D eigenvalue weighted by Crippen LogP contribution is 2.16. The number of rotatable bonds is 12. The van der Waals surface area contributed by atoms with E-state index >= 15 is 0 Å². The van der Waals surface area contributed by atoms with E-state index in [-0.39, 0.29) is 35.7 Å². The summed E-state index contributed by atoms with van der Waals surface area (Å²) < 4.78 is 0. The van der Waals surface area contributed by atoms with Crippen molar-refractivity contribution in [2.24, 2.45) is 5.92 Å². The Morgan fingerprint density at radius 1 is 1.17 bits per heavy atom. The van der Waals surface area contributed by atoms with Crippen LogP contribution < -0.4 is 5.32 Å². The number of thioether (sulfide) groups is 1. The number of nitrogens with zero attached hydrogens (tertiary/aromatic N) is 1. The molecule has 0 fully saturated rings. The van der Waals surface area contributed by atoms with Gasteiger partial charge in [0, 0.05) is 25.6 Å². The van der Waals surface area contributed by atoms with Crippen molar-refractivity contribution in [1.29, 1.82) is 0 Å². The van der Waals surface area contributed by atoms with Gasteiger partial charge in [-0.25, -0.2) is 4.79 Å². The van der Waals surface area contributed by atoms with Crippen LogP contribution in [0.25, 0.3) is 0 Å². The number of carboxylic acids is 1. The topological polar surface area (TPSA) is 104 Å². The molecular weight excluding hydrogens is 424 g/mol. The number of nitrogens with one attached hydrogen (secondary N) is 1. The fraction of sp³-hybridized carbons (Fsp3) is 0.524. The Hall–Kier alpha value is -2.00. The summed E-state index contributed by atoms with van der Waals surface area (Å²) in [5.74, 6) is -1.64. The van der Waals surface area contributed by atoms with Crippen molar-refractivity contribution in [1.82, 2.24) is 10.2 Å². The summed E-state index contributed by atoms with van der Waals surface area (Å²) in [6.45, 7) is 5.48. The molecule has 0 aliphatic heterocycles. The number of carboxylic acid groups (broad SMARTS) is 1. The molecule has 0 saturated carbocycles. The molecule has 2 N–H and O–H groups in total. The van der Waals surface area contributed by atoms with Crippen LogP contribution >= 0.6 is 24.4 Å². The van der Waals surface area contributed by atoms with Crippen LogP contribution in [0.15, 0.2) is 30.3 Å². The largest absolute Gasteiger partial charge is 0.480 e. The van der Waals surface area contributed by atoms with Gasteiger partial charge in [-0.3, -0.25) is 14.4 Å². The molecule has 0 aromatic heterocycles. The molecular formula is C21H30N2O5S2. The van der Waals surface area contributed by atoms with Crippen LogP contribution in [0.1, 0.15) is 32.8 Å². The van der Waals surface area contributed by atoms with E-state index in [0.29, 0.717) is 12.2 Å². The van der Waals surface area contributed by atoms with Crippen molar-refractivity contribution in [2.45, 2.75) is 45.7 Å². The van der Waals surface area contributed by atoms with Crippen LogP contribution in [-0.2, 0) is 25.6 Å². The van der Waals surface area contributed by atoms with Gasteiger partial charge in [-0.2, -0.15) is 12.6 Å². The molecule has 2 atom stereocenters. The molecule has 1 rings (SSSR count). The molecule has 0 unspecified atom stereocenters. The average Bonchev–Trinajstić information content (AvgIpc) is 2.69. The van der Waals surface area contributed by atoms with Crippen molar-refractivity contribution in [3.8, 4) is 0 Å². The Morgan fingerprint density at radius 3 is 2.30 bits per heavy atom. The van der Waals surface area contributed by atoms with E-state index in [0.717, 1.165) is 17.3 Å². The Kier molecular flexibility index (Phi) is 11.6. The summed E-state index contributed by atoms with van der Waals surface area (Å²) in [6, 6.07) is 7.07. The summed E-state index contributed by atoms with van der Waals surface area (Å²) >= 11 is 5.12. The molecule has 0 aliphatic rings. The van der Waals surface area contributed by atoms with Gasteiger partial charge in [0.1, 0.15) is 12.1 Å². The number of carbonyl (C=O) groups is 4. The summed E-state index contributed by atoms with van der Waals surface area (Å²) in [6.07, 6.45) is 0.505. The van der Waals surface area contributed by atoms with Crippen molar-refractivity contribution in [3.63, 3.8) is 0 Å². The second kappa shape index (κ2) is 13.3. The normalized spacial score (nSPS) is 12.8. The molecule has 0 aliphatic carbocycles. The highest BCUT2D eigenvalue weighted by atomic mass is 32.2. The van der Waals surface area contributed by atoms with Gasteiger partial charge < -0.3 is 15.3 Å². The molecule has 9 heteroatoms. The Labute approximate surface area is 187 Å². The lowest BCUT2D eigenvalue weighted by atomic mass is 10.00. The maximum Gasteiger partial charge on any atom is 0.326 e. The number of thiol groups is 1. The van der Waals surface area contributed by atoms with Crippen LogP contribution in [0, 0.1) is 5.92 Å². The minimum atomic E-state index is -1.14. The SMILES string of the molecule is CC(=O)SCCN(C(=O)CS)[C@@H](CC(C)C)C(=O)N[C@@H](Cc1ccccc1)C(=O)O. The minimum Gasteiger partial charge on any atom is -0.480 e. The van der Waals surface area contributed by atoms with E-state index in [4.69, 9.17) is 0 Å². The summed E-state index contributed by atoms with van der Waals surface area (Å²) in [4.78, 5) is 49.9. The van der Waals surface area contributed by atoms with Crippen LogP contribution in [0.4, 0.5) is 0 Å². The van der Waals surface area contributed by atoms with E-state index in [2.05, 4.69) is 17.9 Å². The molecule has 0 heterocycles. The summed E-state index contributed by atoms with van der Waals surface area (Å²) in [5.41, 5.74) is 0.784. The van der Waals surface area contributed by atoms with E-state index < -0.39 is 24.0 Å². The van der Waals surface area contributed by atoms with Gasteiger partial charge in [0.05, 0.1) is 5.75 Å². The number of hydrogen-bond acceptors (Lipinski definition) is 6. The van der Waals surface area contributed by atoms with E-state index in [1.807, 2.05) is 19.9 Å². The Balaban J connectivity index is 3.03. The second-order valence-electron chi connectivity index (χ2n) is 7.32. The first-order chi connectivity index (χ1) is 14.1. The monoisotopic (exact) mass is 454 g/mol. The lowest BCUT2D eigenvalue weighted by Gasteiger charge is -2.32.